The van der Waals surface area contributed by atoms with Gasteiger partial charge < -0.3 is 5.32 Å². The molecule has 1 amide bonds. The zero-order valence-corrected chi connectivity index (χ0v) is 19.9. The summed E-state index contributed by atoms with van der Waals surface area (Å²) in [6, 6.07) is 8.63. The minimum absolute atomic E-state index is 0.0302. The largest absolute Gasteiger partial charge is 0.350 e. The van der Waals surface area contributed by atoms with Crippen molar-refractivity contribution in [2.75, 3.05) is 19.6 Å². The molecule has 2 aliphatic rings. The fourth-order valence-electron chi connectivity index (χ4n) is 3.86. The molecular weight excluding hydrogens is 454 g/mol. The summed E-state index contributed by atoms with van der Waals surface area (Å²) in [6.07, 6.45) is 3.97. The molecular formula is C22H28ClN3O3S2. The fraction of sp³-hybridized carbons (Fsp3) is 0.500. The molecule has 1 saturated heterocycles. The van der Waals surface area contributed by atoms with Gasteiger partial charge in [0.15, 0.2) is 0 Å². The van der Waals surface area contributed by atoms with E-state index < -0.39 is 10.0 Å². The number of nitrogens with zero attached hydrogens (tertiary/aromatic N) is 1. The predicted molar refractivity (Wildman–Crippen MR) is 124 cm³/mol. The standard InChI is InChI=1S/C22H28ClN3O3S2/c1-15-8-10-26(11-9-15)19(20-3-2-12-30-20)14-24-22(27)16-4-7-18(23)21(13-16)31(28,29)25-17-5-6-17/h2-4,7,12-13,15,17,19,25H,5-6,8-11,14H2,1H3,(H,24,27). The molecule has 31 heavy (non-hydrogen) atoms. The molecule has 6 nitrogen and oxygen atoms in total. The molecule has 0 radical (unpaired) electrons. The average Bonchev–Trinajstić information content (AvgIpc) is 3.37. The van der Waals surface area contributed by atoms with E-state index in [0.29, 0.717) is 6.54 Å². The SMILES string of the molecule is CC1CCN(C(CNC(=O)c2ccc(Cl)c(S(=O)(=O)NC3CC3)c2)c2cccs2)CC1. The number of carbonyl (C=O) groups excluding carboxylic acids is 1. The summed E-state index contributed by atoms with van der Waals surface area (Å²) in [6.45, 7) is 4.77. The molecule has 1 unspecified atom stereocenters. The molecule has 1 aromatic heterocycles. The Bertz CT molecular complexity index is 1010. The van der Waals surface area contributed by atoms with Crippen molar-refractivity contribution in [3.63, 3.8) is 0 Å². The number of hydrogen-bond acceptors (Lipinski definition) is 5. The van der Waals surface area contributed by atoms with Gasteiger partial charge in [-0.2, -0.15) is 0 Å². The van der Waals surface area contributed by atoms with Crippen molar-refractivity contribution in [1.82, 2.24) is 14.9 Å². The second kappa shape index (κ2) is 9.58. The van der Waals surface area contributed by atoms with Gasteiger partial charge in [0, 0.05) is 23.0 Å². The van der Waals surface area contributed by atoms with Gasteiger partial charge in [-0.1, -0.05) is 24.6 Å². The first kappa shape index (κ1) is 22.7. The Balaban J connectivity index is 1.47. The van der Waals surface area contributed by atoms with Crippen molar-refractivity contribution < 1.29 is 13.2 Å². The van der Waals surface area contributed by atoms with Crippen LogP contribution in [-0.2, 0) is 10.0 Å². The number of rotatable bonds is 8. The van der Waals surface area contributed by atoms with Crippen LogP contribution in [-0.4, -0.2) is 44.9 Å². The quantitative estimate of drug-likeness (QED) is 0.596. The molecule has 1 aliphatic carbocycles. The number of nitrogens with one attached hydrogen (secondary N) is 2. The number of sulfonamides is 1. The molecule has 2 fully saturated rings. The monoisotopic (exact) mass is 481 g/mol. The molecule has 1 aromatic carbocycles. The van der Waals surface area contributed by atoms with Crippen LogP contribution in [0.4, 0.5) is 0 Å². The van der Waals surface area contributed by atoms with E-state index in [4.69, 9.17) is 11.6 Å². The highest BCUT2D eigenvalue weighted by Gasteiger charge is 2.30. The number of benzene rings is 1. The van der Waals surface area contributed by atoms with E-state index in [1.807, 2.05) is 6.07 Å². The van der Waals surface area contributed by atoms with Gasteiger partial charge in [0.05, 0.1) is 11.1 Å². The van der Waals surface area contributed by atoms with E-state index >= 15 is 0 Å². The van der Waals surface area contributed by atoms with Crippen molar-refractivity contribution >= 4 is 38.9 Å². The number of likely N-dealkylation sites (tertiary alicyclic amines) is 1. The Hall–Kier alpha value is -1.45. The lowest BCUT2D eigenvalue weighted by Crippen LogP contribution is -2.41. The van der Waals surface area contributed by atoms with Crippen LogP contribution in [0.5, 0.6) is 0 Å². The molecule has 0 bridgehead atoms. The number of piperidine rings is 1. The molecule has 2 aromatic rings. The van der Waals surface area contributed by atoms with Gasteiger partial charge in [-0.25, -0.2) is 13.1 Å². The normalized spacial score (nSPS) is 19.3. The summed E-state index contributed by atoms with van der Waals surface area (Å²) in [5.41, 5.74) is 0.290. The lowest BCUT2D eigenvalue weighted by molar-refractivity contribution is 0.0914. The Morgan fingerprint density at radius 3 is 2.61 bits per heavy atom. The summed E-state index contributed by atoms with van der Waals surface area (Å²) in [7, 11) is -3.74. The van der Waals surface area contributed by atoms with Gasteiger partial charge >= 0.3 is 0 Å². The Labute approximate surface area is 193 Å². The molecule has 2 heterocycles. The lowest BCUT2D eigenvalue weighted by Gasteiger charge is -2.36. The number of halogens is 1. The first-order chi connectivity index (χ1) is 14.8. The van der Waals surface area contributed by atoms with Gasteiger partial charge in [-0.15, -0.1) is 11.3 Å². The van der Waals surface area contributed by atoms with E-state index in [1.54, 1.807) is 17.4 Å². The van der Waals surface area contributed by atoms with E-state index in [0.717, 1.165) is 44.7 Å². The Kier molecular flexibility index (Phi) is 7.03. The zero-order chi connectivity index (χ0) is 22.0. The molecule has 0 spiro atoms. The van der Waals surface area contributed by atoms with Crippen molar-refractivity contribution in [2.24, 2.45) is 5.92 Å². The van der Waals surface area contributed by atoms with Crippen LogP contribution in [0.15, 0.2) is 40.6 Å². The Morgan fingerprint density at radius 1 is 1.23 bits per heavy atom. The van der Waals surface area contributed by atoms with Crippen molar-refractivity contribution in [1.29, 1.82) is 0 Å². The molecule has 1 atom stereocenters. The highest BCUT2D eigenvalue weighted by molar-refractivity contribution is 7.89. The van der Waals surface area contributed by atoms with Crippen LogP contribution in [0.1, 0.15) is 53.9 Å². The van der Waals surface area contributed by atoms with E-state index in [9.17, 15) is 13.2 Å². The summed E-state index contributed by atoms with van der Waals surface area (Å²) in [5.74, 6) is 0.431. The highest BCUT2D eigenvalue weighted by Crippen LogP contribution is 2.30. The third kappa shape index (κ3) is 5.68. The van der Waals surface area contributed by atoms with Crippen molar-refractivity contribution in [2.45, 2.75) is 49.6 Å². The number of carbonyl (C=O) groups is 1. The lowest BCUT2D eigenvalue weighted by atomic mass is 9.97. The maximum atomic E-state index is 12.9. The molecule has 1 saturated carbocycles. The predicted octanol–water partition coefficient (Wildman–Crippen LogP) is 4.05. The summed E-state index contributed by atoms with van der Waals surface area (Å²) in [4.78, 5) is 16.5. The maximum Gasteiger partial charge on any atom is 0.251 e. The minimum Gasteiger partial charge on any atom is -0.350 e. The first-order valence-corrected chi connectivity index (χ1v) is 13.4. The van der Waals surface area contributed by atoms with Gasteiger partial charge in [0.1, 0.15) is 4.90 Å². The second-order valence-corrected chi connectivity index (χ2v) is 11.6. The zero-order valence-electron chi connectivity index (χ0n) is 17.5. The number of thiophene rings is 1. The van der Waals surface area contributed by atoms with Crippen LogP contribution >= 0.6 is 22.9 Å². The summed E-state index contributed by atoms with van der Waals surface area (Å²) in [5, 5.41) is 5.18. The molecule has 4 rings (SSSR count). The molecule has 168 valence electrons. The summed E-state index contributed by atoms with van der Waals surface area (Å²) >= 11 is 7.84. The van der Waals surface area contributed by atoms with Crippen molar-refractivity contribution in [3.05, 3.63) is 51.2 Å². The van der Waals surface area contributed by atoms with Crippen LogP contribution < -0.4 is 10.0 Å². The van der Waals surface area contributed by atoms with Gasteiger partial charge in [0.25, 0.3) is 5.91 Å². The molecule has 2 N–H and O–H groups in total. The highest BCUT2D eigenvalue weighted by atomic mass is 35.5. The Morgan fingerprint density at radius 2 is 1.97 bits per heavy atom. The van der Waals surface area contributed by atoms with Crippen LogP contribution in [0.3, 0.4) is 0 Å². The number of amides is 1. The molecule has 9 heteroatoms. The van der Waals surface area contributed by atoms with Crippen LogP contribution in [0, 0.1) is 5.92 Å². The maximum absolute atomic E-state index is 12.9. The summed E-state index contributed by atoms with van der Waals surface area (Å²) < 4.78 is 27.8. The van der Waals surface area contributed by atoms with E-state index in [1.165, 1.54) is 17.0 Å². The van der Waals surface area contributed by atoms with Crippen LogP contribution in [0.25, 0.3) is 0 Å². The van der Waals surface area contributed by atoms with E-state index in [2.05, 4.69) is 33.3 Å². The third-order valence-corrected chi connectivity index (χ3v) is 8.94. The third-order valence-electron chi connectivity index (χ3n) is 5.97. The van der Waals surface area contributed by atoms with Crippen LogP contribution in [0.2, 0.25) is 5.02 Å². The topological polar surface area (TPSA) is 78.5 Å². The van der Waals surface area contributed by atoms with E-state index in [-0.39, 0.29) is 33.5 Å². The smallest absolute Gasteiger partial charge is 0.251 e. The fourth-order valence-corrected chi connectivity index (χ4v) is 6.55. The van der Waals surface area contributed by atoms with Gasteiger partial charge in [0.2, 0.25) is 10.0 Å². The van der Waals surface area contributed by atoms with Gasteiger partial charge in [-0.3, -0.25) is 9.69 Å². The van der Waals surface area contributed by atoms with Crippen molar-refractivity contribution in [3.8, 4) is 0 Å². The number of hydrogen-bond donors (Lipinski definition) is 2. The molecule has 1 aliphatic heterocycles. The minimum atomic E-state index is -3.74. The second-order valence-electron chi connectivity index (χ2n) is 8.50. The first-order valence-electron chi connectivity index (χ1n) is 10.7. The van der Waals surface area contributed by atoms with Gasteiger partial charge in [-0.05, 0) is 74.3 Å². The average molecular weight is 482 g/mol.